The lowest BCUT2D eigenvalue weighted by molar-refractivity contribution is -0.121. The SMILES string of the molecule is Cc1ccc(C)c(NC(=O)COCC(C)(C)N2C(=O)c3ccccc3C2=O)c1. The number of fused-ring (bicyclic) bond motifs is 1. The highest BCUT2D eigenvalue weighted by atomic mass is 16.5. The van der Waals surface area contributed by atoms with Crippen molar-refractivity contribution in [1.82, 2.24) is 4.90 Å². The Morgan fingerprint density at radius 2 is 1.64 bits per heavy atom. The van der Waals surface area contributed by atoms with Crippen molar-refractivity contribution in [3.05, 3.63) is 64.7 Å². The van der Waals surface area contributed by atoms with Crippen molar-refractivity contribution in [2.45, 2.75) is 33.2 Å². The van der Waals surface area contributed by atoms with Crippen molar-refractivity contribution >= 4 is 23.4 Å². The summed E-state index contributed by atoms with van der Waals surface area (Å²) in [6.07, 6.45) is 0. The normalized spacial score (nSPS) is 13.6. The van der Waals surface area contributed by atoms with Crippen molar-refractivity contribution in [2.24, 2.45) is 0 Å². The first kappa shape index (κ1) is 19.8. The van der Waals surface area contributed by atoms with E-state index in [1.54, 1.807) is 38.1 Å². The van der Waals surface area contributed by atoms with E-state index in [4.69, 9.17) is 4.74 Å². The maximum atomic E-state index is 12.6. The van der Waals surface area contributed by atoms with Crippen LogP contribution in [-0.2, 0) is 9.53 Å². The van der Waals surface area contributed by atoms with E-state index in [-0.39, 0.29) is 30.9 Å². The predicted molar refractivity (Wildman–Crippen MR) is 106 cm³/mol. The highest BCUT2D eigenvalue weighted by Gasteiger charge is 2.44. The van der Waals surface area contributed by atoms with E-state index >= 15 is 0 Å². The zero-order valence-corrected chi connectivity index (χ0v) is 16.5. The minimum absolute atomic E-state index is 0.0543. The van der Waals surface area contributed by atoms with Crippen LogP contribution in [0.2, 0.25) is 0 Å². The topological polar surface area (TPSA) is 75.7 Å². The molecule has 28 heavy (non-hydrogen) atoms. The van der Waals surface area contributed by atoms with Gasteiger partial charge in [0.15, 0.2) is 0 Å². The maximum Gasteiger partial charge on any atom is 0.262 e. The molecule has 6 nitrogen and oxygen atoms in total. The fourth-order valence-corrected chi connectivity index (χ4v) is 3.25. The van der Waals surface area contributed by atoms with Gasteiger partial charge in [0.05, 0.1) is 23.3 Å². The van der Waals surface area contributed by atoms with Crippen LogP contribution in [0.1, 0.15) is 45.7 Å². The molecule has 0 atom stereocenters. The molecule has 1 N–H and O–H groups in total. The van der Waals surface area contributed by atoms with Gasteiger partial charge in [0.25, 0.3) is 11.8 Å². The minimum Gasteiger partial charge on any atom is -0.369 e. The van der Waals surface area contributed by atoms with E-state index in [1.165, 1.54) is 4.90 Å². The van der Waals surface area contributed by atoms with Gasteiger partial charge in [0.2, 0.25) is 5.91 Å². The molecule has 0 saturated carbocycles. The highest BCUT2D eigenvalue weighted by molar-refractivity contribution is 6.21. The zero-order valence-electron chi connectivity index (χ0n) is 16.5. The molecule has 1 heterocycles. The average Bonchev–Trinajstić information content (AvgIpc) is 2.90. The maximum absolute atomic E-state index is 12.6. The van der Waals surface area contributed by atoms with Crippen LogP contribution in [0.15, 0.2) is 42.5 Å². The summed E-state index contributed by atoms with van der Waals surface area (Å²) in [4.78, 5) is 38.7. The van der Waals surface area contributed by atoms with Crippen LogP contribution < -0.4 is 5.32 Å². The molecule has 1 aliphatic heterocycles. The molecule has 0 aliphatic carbocycles. The number of imide groups is 1. The Morgan fingerprint density at radius 1 is 1.04 bits per heavy atom. The molecule has 1 aliphatic rings. The molecule has 0 radical (unpaired) electrons. The van der Waals surface area contributed by atoms with Crippen molar-refractivity contribution in [3.63, 3.8) is 0 Å². The Labute approximate surface area is 164 Å². The number of ether oxygens (including phenoxy) is 1. The number of rotatable bonds is 6. The van der Waals surface area contributed by atoms with E-state index in [1.807, 2.05) is 32.0 Å². The van der Waals surface area contributed by atoms with Crippen LogP contribution in [0.25, 0.3) is 0 Å². The summed E-state index contributed by atoms with van der Waals surface area (Å²) >= 11 is 0. The van der Waals surface area contributed by atoms with Gasteiger partial charge in [0.1, 0.15) is 6.61 Å². The molecule has 0 aromatic heterocycles. The predicted octanol–water partition coefficient (Wildman–Crippen LogP) is 3.33. The quantitative estimate of drug-likeness (QED) is 0.780. The summed E-state index contributed by atoms with van der Waals surface area (Å²) in [6, 6.07) is 12.6. The zero-order chi connectivity index (χ0) is 20.5. The van der Waals surface area contributed by atoms with Gasteiger partial charge < -0.3 is 10.1 Å². The summed E-state index contributed by atoms with van der Waals surface area (Å²) in [5, 5.41) is 2.83. The van der Waals surface area contributed by atoms with Crippen molar-refractivity contribution in [1.29, 1.82) is 0 Å². The molecule has 0 spiro atoms. The third-order valence-electron chi connectivity index (χ3n) is 4.75. The molecule has 2 aromatic rings. The fraction of sp³-hybridized carbons (Fsp3) is 0.318. The molecule has 2 aromatic carbocycles. The number of hydrogen-bond acceptors (Lipinski definition) is 4. The number of amides is 3. The largest absolute Gasteiger partial charge is 0.369 e. The minimum atomic E-state index is -0.882. The Hall–Kier alpha value is -2.99. The molecule has 0 unspecified atom stereocenters. The Kier molecular flexibility index (Phi) is 5.34. The van der Waals surface area contributed by atoms with E-state index < -0.39 is 5.54 Å². The fourth-order valence-electron chi connectivity index (χ4n) is 3.25. The lowest BCUT2D eigenvalue weighted by Crippen LogP contribution is -2.50. The average molecular weight is 380 g/mol. The van der Waals surface area contributed by atoms with Crippen LogP contribution in [0.4, 0.5) is 5.69 Å². The molecule has 0 fully saturated rings. The molecule has 0 bridgehead atoms. The van der Waals surface area contributed by atoms with Gasteiger partial charge in [-0.05, 0) is 57.0 Å². The summed E-state index contributed by atoms with van der Waals surface area (Å²) in [5.74, 6) is -0.963. The summed E-state index contributed by atoms with van der Waals surface area (Å²) in [6.45, 7) is 7.25. The van der Waals surface area contributed by atoms with Crippen molar-refractivity contribution < 1.29 is 19.1 Å². The number of hydrogen-bond donors (Lipinski definition) is 1. The van der Waals surface area contributed by atoms with Gasteiger partial charge in [-0.3, -0.25) is 19.3 Å². The van der Waals surface area contributed by atoms with Gasteiger partial charge in [-0.15, -0.1) is 0 Å². The summed E-state index contributed by atoms with van der Waals surface area (Å²) in [7, 11) is 0. The summed E-state index contributed by atoms with van der Waals surface area (Å²) in [5.41, 5.74) is 2.67. The van der Waals surface area contributed by atoms with E-state index in [0.717, 1.165) is 16.8 Å². The van der Waals surface area contributed by atoms with Crippen LogP contribution in [0.5, 0.6) is 0 Å². The second-order valence-corrected chi connectivity index (χ2v) is 7.66. The molecular weight excluding hydrogens is 356 g/mol. The first-order valence-electron chi connectivity index (χ1n) is 9.13. The Bertz CT molecular complexity index is 914. The Balaban J connectivity index is 1.60. The molecule has 0 saturated heterocycles. The van der Waals surface area contributed by atoms with Crippen LogP contribution in [-0.4, -0.2) is 41.4 Å². The number of nitrogens with one attached hydrogen (secondary N) is 1. The summed E-state index contributed by atoms with van der Waals surface area (Å²) < 4.78 is 5.55. The van der Waals surface area contributed by atoms with Gasteiger partial charge in [-0.1, -0.05) is 24.3 Å². The third-order valence-corrected chi connectivity index (χ3v) is 4.75. The van der Waals surface area contributed by atoms with Gasteiger partial charge in [-0.2, -0.15) is 0 Å². The molecule has 146 valence electrons. The smallest absolute Gasteiger partial charge is 0.262 e. The van der Waals surface area contributed by atoms with Gasteiger partial charge in [0, 0.05) is 5.69 Å². The van der Waals surface area contributed by atoms with E-state index in [9.17, 15) is 14.4 Å². The molecular formula is C22H24N2O4. The molecule has 3 rings (SSSR count). The number of aryl methyl sites for hydroxylation is 2. The highest BCUT2D eigenvalue weighted by Crippen LogP contribution is 2.29. The number of carbonyl (C=O) groups is 3. The number of benzene rings is 2. The Morgan fingerprint density at radius 3 is 2.25 bits per heavy atom. The first-order valence-corrected chi connectivity index (χ1v) is 9.13. The lowest BCUT2D eigenvalue weighted by atomic mass is 10.0. The van der Waals surface area contributed by atoms with Crippen LogP contribution in [0, 0.1) is 13.8 Å². The molecule has 3 amide bonds. The standard InChI is InChI=1S/C22H24N2O4/c1-14-9-10-15(2)18(11-14)23-19(25)12-28-13-22(3,4)24-20(26)16-7-5-6-8-17(16)21(24)27/h5-11H,12-13H2,1-4H3,(H,23,25). The van der Waals surface area contributed by atoms with Crippen LogP contribution >= 0.6 is 0 Å². The van der Waals surface area contributed by atoms with Gasteiger partial charge >= 0.3 is 0 Å². The van der Waals surface area contributed by atoms with Gasteiger partial charge in [-0.25, -0.2) is 0 Å². The lowest BCUT2D eigenvalue weighted by Gasteiger charge is -2.33. The number of anilines is 1. The number of carbonyl (C=O) groups excluding carboxylic acids is 3. The first-order chi connectivity index (χ1) is 13.2. The van der Waals surface area contributed by atoms with E-state index in [0.29, 0.717) is 11.1 Å². The second-order valence-electron chi connectivity index (χ2n) is 7.66. The monoisotopic (exact) mass is 380 g/mol. The van der Waals surface area contributed by atoms with Crippen molar-refractivity contribution in [2.75, 3.05) is 18.5 Å². The number of nitrogens with zero attached hydrogens (tertiary/aromatic N) is 1. The van der Waals surface area contributed by atoms with Crippen molar-refractivity contribution in [3.8, 4) is 0 Å². The second kappa shape index (κ2) is 7.56. The molecule has 6 heteroatoms. The third kappa shape index (κ3) is 3.82. The van der Waals surface area contributed by atoms with Crippen LogP contribution in [0.3, 0.4) is 0 Å². The van der Waals surface area contributed by atoms with E-state index in [2.05, 4.69) is 5.32 Å².